The lowest BCUT2D eigenvalue weighted by Gasteiger charge is -2.33. The Labute approximate surface area is 134 Å². The molecule has 0 unspecified atom stereocenters. The molecule has 3 aliphatic rings. The van der Waals surface area contributed by atoms with Gasteiger partial charge in [0, 0.05) is 37.3 Å². The van der Waals surface area contributed by atoms with Gasteiger partial charge in [0.25, 0.3) is 5.69 Å². The molecule has 1 saturated heterocycles. The van der Waals surface area contributed by atoms with Gasteiger partial charge in [0.15, 0.2) is 0 Å². The van der Waals surface area contributed by atoms with Crippen LogP contribution in [0.25, 0.3) is 0 Å². The Morgan fingerprint density at radius 3 is 2.87 bits per heavy atom. The van der Waals surface area contributed by atoms with E-state index in [0.29, 0.717) is 25.6 Å². The van der Waals surface area contributed by atoms with Crippen molar-refractivity contribution in [3.05, 3.63) is 33.6 Å². The zero-order valence-corrected chi connectivity index (χ0v) is 13.0. The maximum absolute atomic E-state index is 12.9. The Kier molecular flexibility index (Phi) is 3.52. The van der Waals surface area contributed by atoms with E-state index in [1.54, 1.807) is 6.07 Å². The Hall–Kier alpha value is -2.02. The number of likely N-dealkylation sites (tertiary alicyclic amines) is 1. The number of rotatable bonds is 3. The van der Waals surface area contributed by atoms with E-state index in [9.17, 15) is 14.9 Å². The summed E-state index contributed by atoms with van der Waals surface area (Å²) >= 11 is 0. The quantitative estimate of drug-likeness (QED) is 0.623. The van der Waals surface area contributed by atoms with Crippen LogP contribution in [0.2, 0.25) is 0 Å². The summed E-state index contributed by atoms with van der Waals surface area (Å²) < 4.78 is 0. The highest BCUT2D eigenvalue weighted by atomic mass is 16.6. The fourth-order valence-electron chi connectivity index (χ4n) is 3.81. The Bertz CT molecular complexity index is 659. The topological polar surface area (TPSA) is 79.6 Å². The smallest absolute Gasteiger partial charge is 0.287 e. The van der Waals surface area contributed by atoms with E-state index in [1.807, 2.05) is 4.90 Å². The molecule has 2 aliphatic heterocycles. The van der Waals surface area contributed by atoms with Crippen LogP contribution in [0.3, 0.4) is 0 Å². The number of carbonyl (C=O) groups excluding carboxylic acids is 1. The third kappa shape index (κ3) is 2.69. The van der Waals surface area contributed by atoms with Crippen LogP contribution in [0.1, 0.15) is 36.9 Å². The molecule has 7 nitrogen and oxygen atoms in total. The van der Waals surface area contributed by atoms with Crippen molar-refractivity contribution < 1.29 is 9.72 Å². The van der Waals surface area contributed by atoms with E-state index in [-0.39, 0.29) is 17.6 Å². The summed E-state index contributed by atoms with van der Waals surface area (Å²) in [4.78, 5) is 31.8. The zero-order chi connectivity index (χ0) is 16.0. The van der Waals surface area contributed by atoms with E-state index in [4.69, 9.17) is 0 Å². The minimum atomic E-state index is -0.431. The van der Waals surface area contributed by atoms with Gasteiger partial charge in [-0.2, -0.15) is 0 Å². The van der Waals surface area contributed by atoms with Crippen LogP contribution in [0.4, 0.5) is 5.69 Å². The van der Waals surface area contributed by atoms with Crippen molar-refractivity contribution in [3.8, 4) is 0 Å². The first-order valence-electron chi connectivity index (χ1n) is 8.30. The number of fused-ring (bicyclic) bond motifs is 1. The van der Waals surface area contributed by atoms with Crippen molar-refractivity contribution in [1.82, 2.24) is 14.8 Å². The van der Waals surface area contributed by atoms with Crippen LogP contribution in [0, 0.1) is 10.1 Å². The number of aromatic nitrogens is 1. The number of pyridine rings is 1. The van der Waals surface area contributed by atoms with Crippen molar-refractivity contribution in [1.29, 1.82) is 0 Å². The lowest BCUT2D eigenvalue weighted by molar-refractivity contribution is -0.385. The van der Waals surface area contributed by atoms with Gasteiger partial charge in [0.2, 0.25) is 5.91 Å². The standard InChI is InChI=1S/C16H20N4O3/c21-16(15-2-1-6-19(15)12-3-4-12)18-7-5-14-11(10-18)8-13(9-17-14)20(22)23/h8-9,12,15H,1-7,10H2/t15-/m0/s1. The number of carbonyl (C=O) groups is 1. The molecule has 1 atom stereocenters. The summed E-state index contributed by atoms with van der Waals surface area (Å²) in [5.74, 6) is 0.187. The number of hydrogen-bond acceptors (Lipinski definition) is 5. The van der Waals surface area contributed by atoms with Crippen LogP contribution >= 0.6 is 0 Å². The molecule has 3 heterocycles. The molecule has 1 aliphatic carbocycles. The van der Waals surface area contributed by atoms with Gasteiger partial charge in [-0.15, -0.1) is 0 Å². The molecule has 0 radical (unpaired) electrons. The lowest BCUT2D eigenvalue weighted by Crippen LogP contribution is -2.48. The fraction of sp³-hybridized carbons (Fsp3) is 0.625. The number of nitrogens with zero attached hydrogens (tertiary/aromatic N) is 4. The van der Waals surface area contributed by atoms with Crippen LogP contribution < -0.4 is 0 Å². The number of amides is 1. The van der Waals surface area contributed by atoms with E-state index in [0.717, 1.165) is 30.6 Å². The molecule has 1 aromatic heterocycles. The molecule has 7 heteroatoms. The number of nitro groups is 1. The first-order valence-corrected chi connectivity index (χ1v) is 8.30. The van der Waals surface area contributed by atoms with Gasteiger partial charge in [-0.05, 0) is 37.8 Å². The Balaban J connectivity index is 1.51. The van der Waals surface area contributed by atoms with Gasteiger partial charge >= 0.3 is 0 Å². The normalized spacial score (nSPS) is 24.5. The van der Waals surface area contributed by atoms with Crippen LogP contribution in [-0.2, 0) is 17.8 Å². The summed E-state index contributed by atoms with van der Waals surface area (Å²) in [5, 5.41) is 10.9. The van der Waals surface area contributed by atoms with E-state index in [1.165, 1.54) is 19.0 Å². The molecule has 0 N–H and O–H groups in total. The van der Waals surface area contributed by atoms with Crippen LogP contribution in [-0.4, -0.2) is 50.8 Å². The average Bonchev–Trinajstić information content (AvgIpc) is 3.30. The second kappa shape index (κ2) is 5.56. The molecule has 4 rings (SSSR count). The van der Waals surface area contributed by atoms with Crippen molar-refractivity contribution in [2.75, 3.05) is 13.1 Å². The molecule has 1 aromatic rings. The second-order valence-electron chi connectivity index (χ2n) is 6.69. The Morgan fingerprint density at radius 2 is 2.13 bits per heavy atom. The molecular formula is C16H20N4O3. The molecule has 0 aromatic carbocycles. The van der Waals surface area contributed by atoms with E-state index in [2.05, 4.69) is 9.88 Å². The maximum atomic E-state index is 12.9. The van der Waals surface area contributed by atoms with Gasteiger partial charge in [-0.1, -0.05) is 0 Å². The summed E-state index contributed by atoms with van der Waals surface area (Å²) in [7, 11) is 0. The van der Waals surface area contributed by atoms with Gasteiger partial charge < -0.3 is 4.90 Å². The molecular weight excluding hydrogens is 296 g/mol. The zero-order valence-electron chi connectivity index (χ0n) is 13.0. The van der Waals surface area contributed by atoms with Crippen molar-refractivity contribution in [2.24, 2.45) is 0 Å². The first-order chi connectivity index (χ1) is 11.1. The van der Waals surface area contributed by atoms with Gasteiger partial charge in [0.05, 0.1) is 11.0 Å². The SMILES string of the molecule is O=C([C@@H]1CCCN1C1CC1)N1CCc2ncc([N+](=O)[O-])cc2C1. The lowest BCUT2D eigenvalue weighted by atomic mass is 10.0. The van der Waals surface area contributed by atoms with E-state index >= 15 is 0 Å². The monoisotopic (exact) mass is 316 g/mol. The van der Waals surface area contributed by atoms with Crippen LogP contribution in [0.5, 0.6) is 0 Å². The highest BCUT2D eigenvalue weighted by molar-refractivity contribution is 5.82. The molecule has 2 fully saturated rings. The molecule has 23 heavy (non-hydrogen) atoms. The summed E-state index contributed by atoms with van der Waals surface area (Å²) in [5.41, 5.74) is 1.69. The van der Waals surface area contributed by atoms with Gasteiger partial charge in [-0.3, -0.25) is 24.8 Å². The van der Waals surface area contributed by atoms with Crippen molar-refractivity contribution in [2.45, 2.75) is 50.7 Å². The average molecular weight is 316 g/mol. The molecule has 0 spiro atoms. The maximum Gasteiger partial charge on any atom is 0.287 e. The minimum absolute atomic E-state index is 0.00137. The van der Waals surface area contributed by atoms with Crippen LogP contribution in [0.15, 0.2) is 12.3 Å². The largest absolute Gasteiger partial charge is 0.337 e. The molecule has 122 valence electrons. The molecule has 1 saturated carbocycles. The fourth-order valence-corrected chi connectivity index (χ4v) is 3.81. The van der Waals surface area contributed by atoms with Gasteiger partial charge in [-0.25, -0.2) is 0 Å². The predicted octanol–water partition coefficient (Wildman–Crippen LogP) is 1.50. The molecule has 1 amide bonds. The predicted molar refractivity (Wildman–Crippen MR) is 82.8 cm³/mol. The second-order valence-corrected chi connectivity index (χ2v) is 6.69. The van der Waals surface area contributed by atoms with Crippen molar-refractivity contribution in [3.63, 3.8) is 0 Å². The highest BCUT2D eigenvalue weighted by Gasteiger charge is 2.41. The van der Waals surface area contributed by atoms with E-state index < -0.39 is 4.92 Å². The summed E-state index contributed by atoms with van der Waals surface area (Å²) in [6.07, 6.45) is 6.43. The third-order valence-corrected chi connectivity index (χ3v) is 5.14. The van der Waals surface area contributed by atoms with Gasteiger partial charge in [0.1, 0.15) is 6.20 Å². The van der Waals surface area contributed by atoms with Crippen molar-refractivity contribution >= 4 is 11.6 Å². The highest BCUT2D eigenvalue weighted by Crippen LogP contribution is 2.34. The minimum Gasteiger partial charge on any atom is -0.337 e. The third-order valence-electron chi connectivity index (χ3n) is 5.14. The number of hydrogen-bond donors (Lipinski definition) is 0. The molecule has 0 bridgehead atoms. The summed E-state index contributed by atoms with van der Waals surface area (Å²) in [6.45, 7) is 2.13. The first kappa shape index (κ1) is 14.6. The Morgan fingerprint density at radius 1 is 1.30 bits per heavy atom. The summed E-state index contributed by atoms with van der Waals surface area (Å²) in [6, 6.07) is 2.18.